The fraction of sp³-hybridized carbons (Fsp3) is 0.333. The summed E-state index contributed by atoms with van der Waals surface area (Å²) in [5.41, 5.74) is 5.69. The number of hydrogen-bond acceptors (Lipinski definition) is 4. The van der Waals surface area contributed by atoms with E-state index in [0.717, 1.165) is 0 Å². The SMILES string of the molecule is CC(N)c1nc(C#N)co1. The second-order valence-electron chi connectivity index (χ2n) is 1.97. The highest BCUT2D eigenvalue weighted by Crippen LogP contribution is 2.07. The first-order valence-electron chi connectivity index (χ1n) is 2.85. The van der Waals surface area contributed by atoms with E-state index in [4.69, 9.17) is 15.4 Å². The van der Waals surface area contributed by atoms with Crippen LogP contribution in [-0.4, -0.2) is 4.98 Å². The number of nitrogens with zero attached hydrogens (tertiary/aromatic N) is 2. The number of oxazole rings is 1. The quantitative estimate of drug-likeness (QED) is 0.613. The highest BCUT2D eigenvalue weighted by molar-refractivity contribution is 5.15. The van der Waals surface area contributed by atoms with Gasteiger partial charge in [-0.05, 0) is 6.92 Å². The zero-order valence-corrected chi connectivity index (χ0v) is 5.53. The molecule has 10 heavy (non-hydrogen) atoms. The Morgan fingerprint density at radius 2 is 2.60 bits per heavy atom. The van der Waals surface area contributed by atoms with Gasteiger partial charge in [-0.1, -0.05) is 0 Å². The Balaban J connectivity index is 2.91. The van der Waals surface area contributed by atoms with Crippen LogP contribution in [0.2, 0.25) is 0 Å². The summed E-state index contributed by atoms with van der Waals surface area (Å²) < 4.78 is 4.86. The second-order valence-corrected chi connectivity index (χ2v) is 1.97. The molecule has 1 unspecified atom stereocenters. The maximum absolute atomic E-state index is 8.32. The van der Waals surface area contributed by atoms with Gasteiger partial charge in [0, 0.05) is 0 Å². The van der Waals surface area contributed by atoms with E-state index in [9.17, 15) is 0 Å². The molecule has 1 atom stereocenters. The summed E-state index contributed by atoms with van der Waals surface area (Å²) in [5, 5.41) is 8.32. The van der Waals surface area contributed by atoms with Gasteiger partial charge in [0.1, 0.15) is 12.3 Å². The molecule has 0 bridgehead atoms. The van der Waals surface area contributed by atoms with E-state index in [0.29, 0.717) is 5.89 Å². The average molecular weight is 137 g/mol. The molecule has 2 N–H and O–H groups in total. The van der Waals surface area contributed by atoms with Gasteiger partial charge in [0.2, 0.25) is 5.89 Å². The molecule has 1 aromatic heterocycles. The van der Waals surface area contributed by atoms with Crippen LogP contribution in [0.1, 0.15) is 24.6 Å². The van der Waals surface area contributed by atoms with Crippen LogP contribution < -0.4 is 5.73 Å². The van der Waals surface area contributed by atoms with E-state index in [1.807, 2.05) is 6.07 Å². The Labute approximate surface area is 58.3 Å². The van der Waals surface area contributed by atoms with Crippen molar-refractivity contribution in [2.75, 3.05) is 0 Å². The van der Waals surface area contributed by atoms with Crippen molar-refractivity contribution in [1.82, 2.24) is 4.98 Å². The van der Waals surface area contributed by atoms with Crippen molar-refractivity contribution in [1.29, 1.82) is 5.26 Å². The van der Waals surface area contributed by atoms with Gasteiger partial charge in [-0.25, -0.2) is 4.98 Å². The Hall–Kier alpha value is -1.34. The van der Waals surface area contributed by atoms with Crippen LogP contribution >= 0.6 is 0 Å². The van der Waals surface area contributed by atoms with Crippen LogP contribution in [0.4, 0.5) is 0 Å². The summed E-state index contributed by atoms with van der Waals surface area (Å²) in [6.45, 7) is 1.74. The summed E-state index contributed by atoms with van der Waals surface area (Å²) >= 11 is 0. The van der Waals surface area contributed by atoms with E-state index >= 15 is 0 Å². The third kappa shape index (κ3) is 1.14. The first-order valence-corrected chi connectivity index (χ1v) is 2.85. The predicted molar refractivity (Wildman–Crippen MR) is 33.8 cm³/mol. The summed E-state index contributed by atoms with van der Waals surface area (Å²) in [6.07, 6.45) is 1.29. The molecule has 0 aliphatic carbocycles. The molecule has 0 spiro atoms. The highest BCUT2D eigenvalue weighted by Gasteiger charge is 2.06. The molecular formula is C6H7N3O. The third-order valence-electron chi connectivity index (χ3n) is 1.03. The molecule has 4 heteroatoms. The third-order valence-corrected chi connectivity index (χ3v) is 1.03. The number of hydrogen-bond donors (Lipinski definition) is 1. The van der Waals surface area contributed by atoms with Gasteiger partial charge in [-0.15, -0.1) is 0 Å². The molecule has 0 saturated heterocycles. The minimum Gasteiger partial charge on any atom is -0.446 e. The van der Waals surface area contributed by atoms with Crippen molar-refractivity contribution in [3.63, 3.8) is 0 Å². The molecule has 0 fully saturated rings. The van der Waals surface area contributed by atoms with Crippen LogP contribution in [0.5, 0.6) is 0 Å². The van der Waals surface area contributed by atoms with Gasteiger partial charge in [-0.3, -0.25) is 0 Å². The van der Waals surface area contributed by atoms with Gasteiger partial charge in [0.15, 0.2) is 5.69 Å². The second kappa shape index (κ2) is 2.50. The maximum atomic E-state index is 8.32. The zero-order valence-electron chi connectivity index (χ0n) is 5.53. The van der Waals surface area contributed by atoms with E-state index in [1.54, 1.807) is 6.92 Å². The van der Waals surface area contributed by atoms with Crippen LogP contribution in [0, 0.1) is 11.3 Å². The van der Waals surface area contributed by atoms with Crippen molar-refractivity contribution in [2.45, 2.75) is 13.0 Å². The van der Waals surface area contributed by atoms with Crippen molar-refractivity contribution in [3.8, 4) is 6.07 Å². The lowest BCUT2D eigenvalue weighted by Crippen LogP contribution is -2.04. The Morgan fingerprint density at radius 1 is 1.90 bits per heavy atom. The molecule has 1 aromatic rings. The van der Waals surface area contributed by atoms with Crippen LogP contribution in [-0.2, 0) is 0 Å². The minimum atomic E-state index is -0.248. The van der Waals surface area contributed by atoms with Gasteiger partial charge in [-0.2, -0.15) is 5.26 Å². The standard InChI is InChI=1S/C6H7N3O/c1-4(8)6-9-5(2-7)3-10-6/h3-4H,8H2,1H3. The molecule has 0 saturated carbocycles. The number of nitrogens with two attached hydrogens (primary N) is 1. The summed E-state index contributed by atoms with van der Waals surface area (Å²) in [4.78, 5) is 3.78. The molecule has 0 aromatic carbocycles. The molecule has 52 valence electrons. The Morgan fingerprint density at radius 3 is 2.90 bits per heavy atom. The number of nitriles is 1. The molecule has 1 rings (SSSR count). The summed E-state index contributed by atoms with van der Waals surface area (Å²) in [7, 11) is 0. The largest absolute Gasteiger partial charge is 0.446 e. The van der Waals surface area contributed by atoms with Crippen molar-refractivity contribution < 1.29 is 4.42 Å². The monoisotopic (exact) mass is 137 g/mol. The molecule has 0 aliphatic heterocycles. The van der Waals surface area contributed by atoms with Crippen LogP contribution in [0.25, 0.3) is 0 Å². The smallest absolute Gasteiger partial charge is 0.211 e. The Kier molecular flexibility index (Phi) is 1.69. The van der Waals surface area contributed by atoms with Gasteiger partial charge >= 0.3 is 0 Å². The summed E-state index contributed by atoms with van der Waals surface area (Å²) in [6, 6.07) is 1.59. The minimum absolute atomic E-state index is 0.248. The van der Waals surface area contributed by atoms with Crippen molar-refractivity contribution >= 4 is 0 Å². The van der Waals surface area contributed by atoms with Crippen LogP contribution in [0.3, 0.4) is 0 Å². The molecule has 0 aliphatic rings. The van der Waals surface area contributed by atoms with Gasteiger partial charge < -0.3 is 10.2 Å². The lowest BCUT2D eigenvalue weighted by atomic mass is 10.4. The highest BCUT2D eigenvalue weighted by atomic mass is 16.3. The number of aromatic nitrogens is 1. The molecule has 4 nitrogen and oxygen atoms in total. The Bertz CT molecular complexity index is 258. The van der Waals surface area contributed by atoms with Crippen LogP contribution in [0.15, 0.2) is 10.7 Å². The normalized spacial score (nSPS) is 12.5. The first kappa shape index (κ1) is 6.78. The van der Waals surface area contributed by atoms with Crippen molar-refractivity contribution in [3.05, 3.63) is 17.8 Å². The maximum Gasteiger partial charge on any atom is 0.211 e. The van der Waals surface area contributed by atoms with E-state index in [1.165, 1.54) is 6.26 Å². The van der Waals surface area contributed by atoms with Crippen molar-refractivity contribution in [2.24, 2.45) is 5.73 Å². The molecule has 1 heterocycles. The number of rotatable bonds is 1. The lowest BCUT2D eigenvalue weighted by Gasteiger charge is -1.93. The average Bonchev–Trinajstić information content (AvgIpc) is 2.34. The fourth-order valence-corrected chi connectivity index (χ4v) is 0.548. The van der Waals surface area contributed by atoms with Gasteiger partial charge in [0.05, 0.1) is 6.04 Å². The van der Waals surface area contributed by atoms with Gasteiger partial charge in [0.25, 0.3) is 0 Å². The molecule has 0 radical (unpaired) electrons. The predicted octanol–water partition coefficient (Wildman–Crippen LogP) is 0.566. The van der Waals surface area contributed by atoms with E-state index in [2.05, 4.69) is 4.98 Å². The lowest BCUT2D eigenvalue weighted by molar-refractivity contribution is 0.463. The van der Waals surface area contributed by atoms with E-state index in [-0.39, 0.29) is 11.7 Å². The zero-order chi connectivity index (χ0) is 7.56. The first-order chi connectivity index (χ1) is 4.74. The molecular weight excluding hydrogens is 130 g/mol. The molecule has 0 amide bonds. The topological polar surface area (TPSA) is 75.8 Å². The van der Waals surface area contributed by atoms with E-state index < -0.39 is 0 Å². The summed E-state index contributed by atoms with van der Waals surface area (Å²) in [5.74, 6) is 0.400. The fourth-order valence-electron chi connectivity index (χ4n) is 0.548.